The third kappa shape index (κ3) is 3.86. The minimum atomic E-state index is -4.57. The number of halogens is 4. The Morgan fingerprint density at radius 1 is 1.03 bits per heavy atom. The van der Waals surface area contributed by atoms with Gasteiger partial charge in [-0.25, -0.2) is 0 Å². The maximum atomic E-state index is 13.1. The molecular weight excluding hydrogens is 417 g/mol. The summed E-state index contributed by atoms with van der Waals surface area (Å²) in [6.45, 7) is -0.124. The summed E-state index contributed by atoms with van der Waals surface area (Å²) >= 11 is 5.92. The number of pyridine rings is 1. The molecule has 0 aliphatic heterocycles. The van der Waals surface area contributed by atoms with E-state index in [0.717, 1.165) is 27.8 Å². The van der Waals surface area contributed by atoms with Crippen molar-refractivity contribution in [3.8, 4) is 11.1 Å². The minimum Gasteiger partial charge on any atom is -0.345 e. The van der Waals surface area contributed by atoms with E-state index in [1.165, 1.54) is 0 Å². The van der Waals surface area contributed by atoms with Crippen LogP contribution < -0.4 is 5.32 Å². The van der Waals surface area contributed by atoms with Crippen LogP contribution >= 0.6 is 11.6 Å². The van der Waals surface area contributed by atoms with Crippen LogP contribution in [0.3, 0.4) is 0 Å². The highest BCUT2D eigenvalue weighted by atomic mass is 35.5. The number of hydrogen-bond donors (Lipinski definition) is 1. The lowest BCUT2D eigenvalue weighted by molar-refractivity contribution is -0.137. The first-order valence-corrected chi connectivity index (χ1v) is 9.25. The molecule has 152 valence electrons. The SMILES string of the molecule is O=C(NCc1nnc2c(Cl)cc(C(F)(F)F)cn12)c1ccccc1-c1ccccc1. The molecule has 0 saturated carbocycles. The number of benzene rings is 2. The molecule has 0 aliphatic carbocycles. The second-order valence-corrected chi connectivity index (χ2v) is 6.89. The third-order valence-corrected chi connectivity index (χ3v) is 4.80. The summed E-state index contributed by atoms with van der Waals surface area (Å²) in [5.41, 5.74) is 1.20. The highest BCUT2D eigenvalue weighted by molar-refractivity contribution is 6.33. The molecule has 0 atom stereocenters. The van der Waals surface area contributed by atoms with Crippen LogP contribution in [0.15, 0.2) is 66.9 Å². The molecule has 2 heterocycles. The molecule has 1 N–H and O–H groups in total. The van der Waals surface area contributed by atoms with E-state index >= 15 is 0 Å². The second kappa shape index (κ2) is 7.79. The fourth-order valence-corrected chi connectivity index (χ4v) is 3.33. The molecule has 0 aliphatic rings. The third-order valence-electron chi connectivity index (χ3n) is 4.52. The van der Waals surface area contributed by atoms with Gasteiger partial charge >= 0.3 is 6.18 Å². The van der Waals surface area contributed by atoms with Gasteiger partial charge in [-0.1, -0.05) is 60.1 Å². The van der Waals surface area contributed by atoms with Gasteiger partial charge < -0.3 is 5.32 Å². The molecule has 0 saturated heterocycles. The van der Waals surface area contributed by atoms with Gasteiger partial charge in [0.1, 0.15) is 0 Å². The molecule has 0 fully saturated rings. The van der Waals surface area contributed by atoms with Crippen molar-refractivity contribution in [1.29, 1.82) is 0 Å². The van der Waals surface area contributed by atoms with Crippen molar-refractivity contribution in [2.24, 2.45) is 0 Å². The van der Waals surface area contributed by atoms with E-state index in [9.17, 15) is 18.0 Å². The van der Waals surface area contributed by atoms with Crippen molar-refractivity contribution in [3.63, 3.8) is 0 Å². The zero-order valence-corrected chi connectivity index (χ0v) is 16.1. The minimum absolute atomic E-state index is 0.0820. The lowest BCUT2D eigenvalue weighted by atomic mass is 9.99. The van der Waals surface area contributed by atoms with E-state index in [1.807, 2.05) is 42.5 Å². The summed E-state index contributed by atoms with van der Waals surface area (Å²) in [6.07, 6.45) is -3.71. The second-order valence-electron chi connectivity index (χ2n) is 6.48. The number of aromatic nitrogens is 3. The molecule has 4 rings (SSSR count). The number of carbonyl (C=O) groups is 1. The number of amides is 1. The van der Waals surface area contributed by atoms with E-state index in [1.54, 1.807) is 12.1 Å². The molecule has 0 bridgehead atoms. The molecule has 4 aromatic rings. The van der Waals surface area contributed by atoms with Gasteiger partial charge in [-0.05, 0) is 23.3 Å². The molecule has 2 aromatic heterocycles. The highest BCUT2D eigenvalue weighted by Crippen LogP contribution is 2.32. The predicted molar refractivity (Wildman–Crippen MR) is 106 cm³/mol. The Labute approximate surface area is 174 Å². The van der Waals surface area contributed by atoms with Crippen LogP contribution in [0.2, 0.25) is 5.02 Å². The average Bonchev–Trinajstić information content (AvgIpc) is 3.16. The maximum absolute atomic E-state index is 13.1. The molecule has 0 spiro atoms. The Bertz CT molecular complexity index is 1220. The van der Waals surface area contributed by atoms with E-state index in [-0.39, 0.29) is 28.9 Å². The fourth-order valence-electron chi connectivity index (χ4n) is 3.08. The van der Waals surface area contributed by atoms with Gasteiger partial charge in [0.05, 0.1) is 17.1 Å². The molecule has 30 heavy (non-hydrogen) atoms. The molecule has 9 heteroatoms. The monoisotopic (exact) mass is 430 g/mol. The zero-order chi connectivity index (χ0) is 21.3. The van der Waals surface area contributed by atoms with Gasteiger partial charge in [-0.3, -0.25) is 9.20 Å². The van der Waals surface area contributed by atoms with Crippen molar-refractivity contribution < 1.29 is 18.0 Å². The van der Waals surface area contributed by atoms with Crippen LogP contribution in [0.5, 0.6) is 0 Å². The Balaban J connectivity index is 1.61. The average molecular weight is 431 g/mol. The summed E-state index contributed by atoms with van der Waals surface area (Å²) in [5, 5.41) is 10.2. The largest absolute Gasteiger partial charge is 0.417 e. The summed E-state index contributed by atoms with van der Waals surface area (Å²) in [4.78, 5) is 12.8. The molecule has 0 radical (unpaired) electrons. The predicted octanol–water partition coefficient (Wildman–Crippen LogP) is 5.00. The zero-order valence-electron chi connectivity index (χ0n) is 15.3. The Kier molecular flexibility index (Phi) is 5.17. The summed E-state index contributed by atoms with van der Waals surface area (Å²) in [7, 11) is 0. The lowest BCUT2D eigenvalue weighted by Gasteiger charge is -2.11. The molecule has 2 aromatic carbocycles. The quantitative estimate of drug-likeness (QED) is 0.495. The highest BCUT2D eigenvalue weighted by Gasteiger charge is 2.32. The topological polar surface area (TPSA) is 59.3 Å². The fraction of sp³-hybridized carbons (Fsp3) is 0.0952. The van der Waals surface area contributed by atoms with Crippen LogP contribution in [-0.2, 0) is 12.7 Å². The van der Waals surface area contributed by atoms with Crippen molar-refractivity contribution in [3.05, 3.63) is 88.8 Å². The van der Waals surface area contributed by atoms with Gasteiger partial charge in [0.2, 0.25) is 0 Å². The first-order chi connectivity index (χ1) is 14.3. The van der Waals surface area contributed by atoms with Crippen molar-refractivity contribution >= 4 is 23.2 Å². The number of alkyl halides is 3. The number of carbonyl (C=O) groups excluding carboxylic acids is 1. The van der Waals surface area contributed by atoms with Gasteiger partial charge in [-0.15, -0.1) is 10.2 Å². The number of fused-ring (bicyclic) bond motifs is 1. The molecule has 0 unspecified atom stereocenters. The number of nitrogens with zero attached hydrogens (tertiary/aromatic N) is 3. The Morgan fingerprint density at radius 3 is 2.47 bits per heavy atom. The molecular formula is C21H14ClF3N4O. The first-order valence-electron chi connectivity index (χ1n) is 8.87. The Hall–Kier alpha value is -3.39. The number of rotatable bonds is 4. The van der Waals surface area contributed by atoms with E-state index in [0.29, 0.717) is 5.56 Å². The standard InChI is InChI=1S/C21H14ClF3N4O/c22-17-10-14(21(23,24)25)12-29-18(27-28-19(17)29)11-26-20(30)16-9-5-4-8-15(16)13-6-2-1-3-7-13/h1-10,12H,11H2,(H,26,30). The van der Waals surface area contributed by atoms with E-state index in [2.05, 4.69) is 15.5 Å². The lowest BCUT2D eigenvalue weighted by Crippen LogP contribution is -2.24. The molecule has 1 amide bonds. The van der Waals surface area contributed by atoms with Crippen molar-refractivity contribution in [2.45, 2.75) is 12.7 Å². The number of nitrogens with one attached hydrogen (secondary N) is 1. The van der Waals surface area contributed by atoms with Crippen molar-refractivity contribution in [2.75, 3.05) is 0 Å². The van der Waals surface area contributed by atoms with Crippen LogP contribution in [0, 0.1) is 0 Å². The first kappa shape index (κ1) is 19.9. The van der Waals surface area contributed by atoms with Crippen LogP contribution in [0.25, 0.3) is 16.8 Å². The summed E-state index contributed by atoms with van der Waals surface area (Å²) in [5.74, 6) is -0.257. The summed E-state index contributed by atoms with van der Waals surface area (Å²) < 4.78 is 40.4. The number of hydrogen-bond acceptors (Lipinski definition) is 3. The van der Waals surface area contributed by atoms with Gasteiger partial charge in [0, 0.05) is 11.8 Å². The van der Waals surface area contributed by atoms with E-state index < -0.39 is 11.7 Å². The van der Waals surface area contributed by atoms with Gasteiger partial charge in [-0.2, -0.15) is 13.2 Å². The normalized spacial score (nSPS) is 11.6. The maximum Gasteiger partial charge on any atom is 0.417 e. The van der Waals surface area contributed by atoms with Crippen LogP contribution in [0.1, 0.15) is 21.7 Å². The van der Waals surface area contributed by atoms with Crippen LogP contribution in [-0.4, -0.2) is 20.5 Å². The van der Waals surface area contributed by atoms with Gasteiger partial charge in [0.25, 0.3) is 5.91 Å². The smallest absolute Gasteiger partial charge is 0.345 e. The Morgan fingerprint density at radius 2 is 1.73 bits per heavy atom. The summed E-state index contributed by atoms with van der Waals surface area (Å²) in [6, 6.07) is 17.3. The van der Waals surface area contributed by atoms with Crippen LogP contribution in [0.4, 0.5) is 13.2 Å². The van der Waals surface area contributed by atoms with Crippen molar-refractivity contribution in [1.82, 2.24) is 19.9 Å². The van der Waals surface area contributed by atoms with E-state index in [4.69, 9.17) is 11.6 Å². The van der Waals surface area contributed by atoms with Gasteiger partial charge in [0.15, 0.2) is 11.5 Å². The molecule has 5 nitrogen and oxygen atoms in total.